The summed E-state index contributed by atoms with van der Waals surface area (Å²) in [7, 11) is 0. The van der Waals surface area contributed by atoms with Crippen molar-refractivity contribution < 1.29 is 28.7 Å². The lowest BCUT2D eigenvalue weighted by molar-refractivity contribution is -0.145. The van der Waals surface area contributed by atoms with E-state index in [4.69, 9.17) is 16.2 Å². The van der Waals surface area contributed by atoms with Gasteiger partial charge in [0.1, 0.15) is 18.1 Å². The topological polar surface area (TPSA) is 189 Å². The van der Waals surface area contributed by atoms with Gasteiger partial charge in [-0.25, -0.2) is 0 Å². The molecule has 0 aliphatic carbocycles. The fourth-order valence-electron chi connectivity index (χ4n) is 6.91. The molecule has 290 valence electrons. The van der Waals surface area contributed by atoms with Gasteiger partial charge in [0, 0.05) is 38.5 Å². The zero-order chi connectivity index (χ0) is 38.2. The van der Waals surface area contributed by atoms with Crippen LogP contribution in [0.25, 0.3) is 0 Å². The van der Waals surface area contributed by atoms with Crippen molar-refractivity contribution in [3.63, 3.8) is 0 Å². The van der Waals surface area contributed by atoms with E-state index in [1.54, 1.807) is 4.90 Å². The van der Waals surface area contributed by atoms with Gasteiger partial charge in [0.15, 0.2) is 0 Å². The van der Waals surface area contributed by atoms with Crippen molar-refractivity contribution in [3.8, 4) is 0 Å². The highest BCUT2D eigenvalue weighted by atomic mass is 16.5. The number of hydrogen-bond donors (Lipinski definition) is 5. The van der Waals surface area contributed by atoms with Gasteiger partial charge in [-0.15, -0.1) is 0 Å². The van der Waals surface area contributed by atoms with Crippen molar-refractivity contribution in [2.24, 2.45) is 23.3 Å². The molecule has 7 N–H and O–H groups in total. The van der Waals surface area contributed by atoms with Gasteiger partial charge in [0.25, 0.3) is 0 Å². The Kier molecular flexibility index (Phi) is 16.7. The molecule has 0 radical (unpaired) electrons. The standard InChI is InChI=1S/C40H59N7O6/c1-28(2)25-34(45-38(50)35(27-30-13-7-4-8-14-30)44-36(48)32(42)26-29-11-5-3-6-12-29)37(49)43-33(15-9-10-18-41)40(52)46-19-16-31(17-20-46)39(51)47-21-23-53-24-22-47/h3-8,11-14,28,31-35H,9-10,15-27,41-42H2,1-2H3,(H,43,49)(H,44,48)(H,45,50)/t32-,33-,34-,35-/m1/s1. The van der Waals surface area contributed by atoms with E-state index in [1.165, 1.54) is 0 Å². The van der Waals surface area contributed by atoms with Crippen molar-refractivity contribution in [2.75, 3.05) is 45.9 Å². The number of carbonyl (C=O) groups excluding carboxylic acids is 5. The zero-order valence-corrected chi connectivity index (χ0v) is 31.3. The van der Waals surface area contributed by atoms with Crippen LogP contribution in [0.1, 0.15) is 63.5 Å². The first-order valence-electron chi connectivity index (χ1n) is 19.2. The summed E-state index contributed by atoms with van der Waals surface area (Å²) < 4.78 is 5.39. The molecule has 13 heteroatoms. The number of piperidine rings is 1. The first-order chi connectivity index (χ1) is 25.5. The maximum atomic E-state index is 14.0. The third kappa shape index (κ3) is 13.2. The maximum Gasteiger partial charge on any atom is 0.245 e. The lowest BCUT2D eigenvalue weighted by Gasteiger charge is -2.37. The van der Waals surface area contributed by atoms with E-state index in [-0.39, 0.29) is 30.1 Å². The number of nitrogens with one attached hydrogen (secondary N) is 3. The Hall–Kier alpha value is -4.33. The van der Waals surface area contributed by atoms with Crippen molar-refractivity contribution in [3.05, 3.63) is 71.8 Å². The average Bonchev–Trinajstić information content (AvgIpc) is 3.17. The normalized spacial score (nSPS) is 17.4. The van der Waals surface area contributed by atoms with Gasteiger partial charge in [0.05, 0.1) is 19.3 Å². The SMILES string of the molecule is CC(C)C[C@@H](NC(=O)[C@@H](Cc1ccccc1)NC(=O)[C@H](N)Cc1ccccc1)C(=O)N[C@H](CCCCN)C(=O)N1CCC(C(=O)N2CCOCC2)CC1. The molecule has 2 aliphatic heterocycles. The van der Waals surface area contributed by atoms with Crippen LogP contribution in [0.4, 0.5) is 0 Å². The molecule has 0 saturated carbocycles. The highest BCUT2D eigenvalue weighted by Crippen LogP contribution is 2.22. The van der Waals surface area contributed by atoms with E-state index in [1.807, 2.05) is 79.4 Å². The van der Waals surface area contributed by atoms with Gasteiger partial charge in [-0.2, -0.15) is 0 Å². The Morgan fingerprint density at radius 2 is 1.26 bits per heavy atom. The van der Waals surface area contributed by atoms with Gasteiger partial charge < -0.3 is 42.0 Å². The zero-order valence-electron chi connectivity index (χ0n) is 31.3. The summed E-state index contributed by atoms with van der Waals surface area (Å²) in [6.07, 6.45) is 3.63. The average molecular weight is 734 g/mol. The summed E-state index contributed by atoms with van der Waals surface area (Å²) in [6.45, 7) is 7.44. The summed E-state index contributed by atoms with van der Waals surface area (Å²) in [5, 5.41) is 8.70. The predicted molar refractivity (Wildman–Crippen MR) is 203 cm³/mol. The van der Waals surface area contributed by atoms with Crippen molar-refractivity contribution >= 4 is 29.5 Å². The van der Waals surface area contributed by atoms with Crippen molar-refractivity contribution in [2.45, 2.75) is 89.4 Å². The number of amides is 5. The Labute approximate surface area is 313 Å². The van der Waals surface area contributed by atoms with E-state index in [2.05, 4.69) is 16.0 Å². The predicted octanol–water partition coefficient (Wildman–Crippen LogP) is 1.53. The lowest BCUT2D eigenvalue weighted by Crippen LogP contribution is -2.59. The van der Waals surface area contributed by atoms with Gasteiger partial charge in [-0.1, -0.05) is 74.5 Å². The van der Waals surface area contributed by atoms with Crippen LogP contribution in [0.5, 0.6) is 0 Å². The summed E-state index contributed by atoms with van der Waals surface area (Å²) in [4.78, 5) is 71.8. The molecule has 5 amide bonds. The minimum Gasteiger partial charge on any atom is -0.378 e. The molecule has 53 heavy (non-hydrogen) atoms. The van der Waals surface area contributed by atoms with Crippen LogP contribution in [0.2, 0.25) is 0 Å². The molecule has 2 heterocycles. The second-order valence-corrected chi connectivity index (χ2v) is 14.6. The third-order valence-corrected chi connectivity index (χ3v) is 9.93. The first kappa shape index (κ1) is 41.4. The van der Waals surface area contributed by atoms with Crippen LogP contribution in [-0.4, -0.2) is 109 Å². The van der Waals surface area contributed by atoms with Crippen LogP contribution < -0.4 is 27.4 Å². The summed E-state index contributed by atoms with van der Waals surface area (Å²) >= 11 is 0. The first-order valence-corrected chi connectivity index (χ1v) is 19.2. The summed E-state index contributed by atoms with van der Waals surface area (Å²) in [5.74, 6) is -1.68. The number of nitrogens with zero attached hydrogens (tertiary/aromatic N) is 2. The van der Waals surface area contributed by atoms with Gasteiger partial charge in [0.2, 0.25) is 29.5 Å². The number of carbonyl (C=O) groups is 5. The van der Waals surface area contributed by atoms with E-state index in [9.17, 15) is 24.0 Å². The van der Waals surface area contributed by atoms with Crippen molar-refractivity contribution in [1.29, 1.82) is 0 Å². The fraction of sp³-hybridized carbons (Fsp3) is 0.575. The number of hydrogen-bond acceptors (Lipinski definition) is 8. The number of benzene rings is 2. The lowest BCUT2D eigenvalue weighted by atomic mass is 9.94. The smallest absolute Gasteiger partial charge is 0.245 e. The Balaban J connectivity index is 1.44. The number of nitrogens with two attached hydrogens (primary N) is 2. The molecule has 0 bridgehead atoms. The Bertz CT molecular complexity index is 1460. The molecule has 2 aliphatic rings. The minimum atomic E-state index is -1.00. The van der Waals surface area contributed by atoms with Crippen LogP contribution in [0.15, 0.2) is 60.7 Å². The van der Waals surface area contributed by atoms with E-state index in [0.29, 0.717) is 90.9 Å². The number of morpholine rings is 1. The molecule has 2 aromatic carbocycles. The maximum absolute atomic E-state index is 14.0. The van der Waals surface area contributed by atoms with Gasteiger partial charge >= 0.3 is 0 Å². The molecule has 4 rings (SSSR count). The molecule has 4 atom stereocenters. The van der Waals surface area contributed by atoms with E-state index in [0.717, 1.165) is 11.1 Å². The number of ether oxygens (including phenoxy) is 1. The fourth-order valence-corrected chi connectivity index (χ4v) is 6.91. The van der Waals surface area contributed by atoms with E-state index < -0.39 is 41.9 Å². The van der Waals surface area contributed by atoms with Crippen LogP contribution >= 0.6 is 0 Å². The minimum absolute atomic E-state index is 0.0296. The van der Waals surface area contributed by atoms with Crippen LogP contribution in [0, 0.1) is 11.8 Å². The molecular weight excluding hydrogens is 674 g/mol. The number of rotatable bonds is 18. The van der Waals surface area contributed by atoms with Gasteiger partial charge in [-0.05, 0) is 68.5 Å². The Morgan fingerprint density at radius 3 is 1.85 bits per heavy atom. The second kappa shape index (κ2) is 21.4. The molecular formula is C40H59N7O6. The van der Waals surface area contributed by atoms with E-state index >= 15 is 0 Å². The third-order valence-electron chi connectivity index (χ3n) is 9.93. The summed E-state index contributed by atoms with van der Waals surface area (Å²) in [6, 6.07) is 15.1. The van der Waals surface area contributed by atoms with Crippen LogP contribution in [0.3, 0.4) is 0 Å². The largest absolute Gasteiger partial charge is 0.378 e. The number of likely N-dealkylation sites (tertiary alicyclic amines) is 1. The highest BCUT2D eigenvalue weighted by molar-refractivity contribution is 5.95. The molecule has 2 saturated heterocycles. The second-order valence-electron chi connectivity index (χ2n) is 14.6. The van der Waals surface area contributed by atoms with Crippen molar-refractivity contribution in [1.82, 2.24) is 25.8 Å². The summed E-state index contributed by atoms with van der Waals surface area (Å²) in [5.41, 5.74) is 13.8. The molecule has 2 aromatic rings. The molecule has 0 aromatic heterocycles. The quantitative estimate of drug-likeness (QED) is 0.143. The molecule has 2 fully saturated rings. The molecule has 13 nitrogen and oxygen atoms in total. The van der Waals surface area contributed by atoms with Crippen LogP contribution in [-0.2, 0) is 41.6 Å². The Morgan fingerprint density at radius 1 is 0.717 bits per heavy atom. The monoisotopic (exact) mass is 733 g/mol. The molecule has 0 unspecified atom stereocenters. The number of unbranched alkanes of at least 4 members (excludes halogenated alkanes) is 1. The van der Waals surface area contributed by atoms with Gasteiger partial charge in [-0.3, -0.25) is 24.0 Å². The highest BCUT2D eigenvalue weighted by Gasteiger charge is 2.35. The molecule has 0 spiro atoms.